The minimum Gasteiger partial charge on any atom is -0.446 e. The molecule has 0 unspecified atom stereocenters. The minimum atomic E-state index is -0.599. The van der Waals surface area contributed by atoms with Crippen LogP contribution in [0, 0.1) is 6.92 Å². The molecule has 1 aliphatic heterocycles. The molecule has 2 aromatic rings. The molecule has 0 aromatic heterocycles. The molecule has 1 saturated heterocycles. The highest BCUT2D eigenvalue weighted by Crippen LogP contribution is 2.27. The van der Waals surface area contributed by atoms with E-state index < -0.39 is 6.09 Å². The standard InChI is InChI=1S/C19H17NO3/c1-14-6-5-7-15(12-14)10-11-18(21)20-17(13-23-19(20)22)16-8-3-2-4-9-16/h2-12,17H,13H2,1H3/b11-10+/t17-/m1/s1. The van der Waals surface area contributed by atoms with Crippen molar-refractivity contribution in [3.63, 3.8) is 0 Å². The van der Waals surface area contributed by atoms with Gasteiger partial charge in [0.2, 0.25) is 0 Å². The van der Waals surface area contributed by atoms with E-state index in [1.54, 1.807) is 6.08 Å². The van der Waals surface area contributed by atoms with Gasteiger partial charge in [0.25, 0.3) is 5.91 Å². The Morgan fingerprint density at radius 2 is 1.96 bits per heavy atom. The molecule has 2 amide bonds. The molecule has 2 aromatic carbocycles. The molecular weight excluding hydrogens is 290 g/mol. The number of nitrogens with zero attached hydrogens (tertiary/aromatic N) is 1. The number of hydrogen-bond acceptors (Lipinski definition) is 3. The van der Waals surface area contributed by atoms with E-state index in [-0.39, 0.29) is 18.6 Å². The number of aryl methyl sites for hydroxylation is 1. The number of amides is 2. The molecule has 0 spiro atoms. The highest BCUT2D eigenvalue weighted by atomic mass is 16.6. The zero-order valence-corrected chi connectivity index (χ0v) is 12.8. The maximum atomic E-state index is 12.4. The minimum absolute atomic E-state index is 0.187. The fourth-order valence-electron chi connectivity index (χ4n) is 2.61. The van der Waals surface area contributed by atoms with E-state index in [0.29, 0.717) is 0 Å². The van der Waals surface area contributed by atoms with Gasteiger partial charge in [-0.3, -0.25) is 4.79 Å². The number of benzene rings is 2. The van der Waals surface area contributed by atoms with Crippen molar-refractivity contribution in [2.45, 2.75) is 13.0 Å². The van der Waals surface area contributed by atoms with Gasteiger partial charge in [0, 0.05) is 6.08 Å². The van der Waals surface area contributed by atoms with Gasteiger partial charge in [0.1, 0.15) is 12.6 Å². The molecular formula is C19H17NO3. The van der Waals surface area contributed by atoms with Gasteiger partial charge in [0.05, 0.1) is 0 Å². The monoisotopic (exact) mass is 307 g/mol. The van der Waals surface area contributed by atoms with Crippen molar-refractivity contribution in [1.82, 2.24) is 4.90 Å². The van der Waals surface area contributed by atoms with E-state index in [1.807, 2.05) is 61.5 Å². The quantitative estimate of drug-likeness (QED) is 0.812. The second-order valence-electron chi connectivity index (χ2n) is 5.46. The van der Waals surface area contributed by atoms with Gasteiger partial charge < -0.3 is 4.74 Å². The van der Waals surface area contributed by atoms with Crippen molar-refractivity contribution in [1.29, 1.82) is 0 Å². The fraction of sp³-hybridized carbons (Fsp3) is 0.158. The third kappa shape index (κ3) is 3.31. The maximum Gasteiger partial charge on any atom is 0.417 e. The van der Waals surface area contributed by atoms with Crippen LogP contribution in [-0.2, 0) is 9.53 Å². The van der Waals surface area contributed by atoms with Gasteiger partial charge in [0.15, 0.2) is 0 Å². The van der Waals surface area contributed by atoms with E-state index in [4.69, 9.17) is 4.74 Å². The van der Waals surface area contributed by atoms with E-state index >= 15 is 0 Å². The summed E-state index contributed by atoms with van der Waals surface area (Å²) in [6, 6.07) is 16.8. The molecule has 1 aliphatic rings. The highest BCUT2D eigenvalue weighted by molar-refractivity contribution is 6.02. The van der Waals surface area contributed by atoms with Crippen LogP contribution < -0.4 is 0 Å². The first-order chi connectivity index (χ1) is 11.1. The topological polar surface area (TPSA) is 46.6 Å². The zero-order valence-electron chi connectivity index (χ0n) is 12.8. The lowest BCUT2D eigenvalue weighted by molar-refractivity contribution is -0.124. The van der Waals surface area contributed by atoms with Crippen LogP contribution in [0.5, 0.6) is 0 Å². The van der Waals surface area contributed by atoms with Crippen LogP contribution in [0.25, 0.3) is 6.08 Å². The van der Waals surface area contributed by atoms with Crippen LogP contribution >= 0.6 is 0 Å². The van der Waals surface area contributed by atoms with E-state index in [9.17, 15) is 9.59 Å². The van der Waals surface area contributed by atoms with Crippen LogP contribution in [-0.4, -0.2) is 23.5 Å². The number of imide groups is 1. The van der Waals surface area contributed by atoms with Crippen molar-refractivity contribution in [3.05, 3.63) is 77.4 Å². The Balaban J connectivity index is 1.80. The first kappa shape index (κ1) is 15.0. The molecule has 0 bridgehead atoms. The van der Waals surface area contributed by atoms with Crippen LogP contribution in [0.1, 0.15) is 22.7 Å². The lowest BCUT2D eigenvalue weighted by Gasteiger charge is -2.18. The first-order valence-corrected chi connectivity index (χ1v) is 7.45. The predicted molar refractivity (Wildman–Crippen MR) is 87.6 cm³/mol. The fourth-order valence-corrected chi connectivity index (χ4v) is 2.61. The predicted octanol–water partition coefficient (Wildman–Crippen LogP) is 3.73. The van der Waals surface area contributed by atoms with Gasteiger partial charge >= 0.3 is 6.09 Å². The molecule has 0 aliphatic carbocycles. The van der Waals surface area contributed by atoms with Gasteiger partial charge in [-0.15, -0.1) is 0 Å². The van der Waals surface area contributed by atoms with Gasteiger partial charge in [-0.05, 0) is 24.1 Å². The van der Waals surface area contributed by atoms with E-state index in [1.165, 1.54) is 11.0 Å². The highest BCUT2D eigenvalue weighted by Gasteiger charge is 2.37. The Morgan fingerprint density at radius 1 is 1.17 bits per heavy atom. The first-order valence-electron chi connectivity index (χ1n) is 7.45. The summed E-state index contributed by atoms with van der Waals surface area (Å²) in [5.74, 6) is -0.372. The molecule has 0 radical (unpaired) electrons. The summed E-state index contributed by atoms with van der Waals surface area (Å²) in [5.41, 5.74) is 2.92. The normalized spacial score (nSPS) is 17.5. The number of carbonyl (C=O) groups excluding carboxylic acids is 2. The summed E-state index contributed by atoms with van der Waals surface area (Å²) in [6.07, 6.45) is 2.53. The molecule has 3 rings (SSSR count). The number of carbonyl (C=O) groups is 2. The van der Waals surface area contributed by atoms with Crippen molar-refractivity contribution in [2.75, 3.05) is 6.61 Å². The number of hydrogen-bond donors (Lipinski definition) is 0. The summed E-state index contributed by atoms with van der Waals surface area (Å²) in [4.78, 5) is 25.5. The maximum absolute atomic E-state index is 12.4. The van der Waals surface area contributed by atoms with Crippen molar-refractivity contribution >= 4 is 18.1 Å². The largest absolute Gasteiger partial charge is 0.446 e. The van der Waals surface area contributed by atoms with Gasteiger partial charge in [-0.1, -0.05) is 60.2 Å². The van der Waals surface area contributed by atoms with Gasteiger partial charge in [-0.25, -0.2) is 9.69 Å². The number of rotatable bonds is 3. The number of ether oxygens (including phenoxy) is 1. The average Bonchev–Trinajstić information content (AvgIpc) is 2.95. The summed E-state index contributed by atoms with van der Waals surface area (Å²) in [7, 11) is 0. The Hall–Kier alpha value is -2.88. The molecule has 0 N–H and O–H groups in total. The smallest absolute Gasteiger partial charge is 0.417 e. The van der Waals surface area contributed by atoms with Gasteiger partial charge in [-0.2, -0.15) is 0 Å². The van der Waals surface area contributed by atoms with Crippen LogP contribution in [0.3, 0.4) is 0 Å². The average molecular weight is 307 g/mol. The van der Waals surface area contributed by atoms with Crippen molar-refractivity contribution in [3.8, 4) is 0 Å². The summed E-state index contributed by atoms with van der Waals surface area (Å²) in [5, 5.41) is 0. The van der Waals surface area contributed by atoms with E-state index in [0.717, 1.165) is 16.7 Å². The molecule has 1 fully saturated rings. The summed E-state index contributed by atoms with van der Waals surface area (Å²) in [6.45, 7) is 2.18. The second-order valence-corrected chi connectivity index (χ2v) is 5.46. The summed E-state index contributed by atoms with van der Waals surface area (Å²) >= 11 is 0. The SMILES string of the molecule is Cc1cccc(/C=C/C(=O)N2C(=O)OC[C@@H]2c2ccccc2)c1. The van der Waals surface area contributed by atoms with Crippen LogP contribution in [0.4, 0.5) is 4.79 Å². The molecule has 1 atom stereocenters. The molecule has 4 heteroatoms. The molecule has 0 saturated carbocycles. The van der Waals surface area contributed by atoms with Crippen LogP contribution in [0.15, 0.2) is 60.7 Å². The lowest BCUT2D eigenvalue weighted by Crippen LogP contribution is -2.32. The third-order valence-corrected chi connectivity index (χ3v) is 3.76. The summed E-state index contributed by atoms with van der Waals surface area (Å²) < 4.78 is 5.06. The molecule has 116 valence electrons. The Morgan fingerprint density at radius 3 is 2.70 bits per heavy atom. The Bertz CT molecular complexity index is 752. The molecule has 23 heavy (non-hydrogen) atoms. The molecule has 1 heterocycles. The second kappa shape index (κ2) is 6.48. The molecule has 4 nitrogen and oxygen atoms in total. The van der Waals surface area contributed by atoms with Crippen LogP contribution in [0.2, 0.25) is 0 Å². The Kier molecular flexibility index (Phi) is 4.24. The number of cyclic esters (lactones) is 1. The van der Waals surface area contributed by atoms with Crippen molar-refractivity contribution < 1.29 is 14.3 Å². The third-order valence-electron chi connectivity index (χ3n) is 3.76. The zero-order chi connectivity index (χ0) is 16.2. The lowest BCUT2D eigenvalue weighted by atomic mass is 10.1. The van der Waals surface area contributed by atoms with E-state index in [2.05, 4.69) is 0 Å². The Labute approximate surface area is 135 Å². The van der Waals surface area contributed by atoms with Crippen molar-refractivity contribution in [2.24, 2.45) is 0 Å².